The van der Waals surface area contributed by atoms with E-state index in [1.807, 2.05) is 24.3 Å². The van der Waals surface area contributed by atoms with Crippen molar-refractivity contribution in [1.82, 2.24) is 19.4 Å². The zero-order valence-electron chi connectivity index (χ0n) is 11.0. The number of aryl methyl sites for hydroxylation is 2. The van der Waals surface area contributed by atoms with Crippen LogP contribution in [0.25, 0.3) is 11.0 Å². The average molecular weight is 290 g/mol. The molecule has 2 aromatic heterocycles. The number of nitrogens with zero attached hydrogens (tertiary/aromatic N) is 4. The summed E-state index contributed by atoms with van der Waals surface area (Å²) in [7, 11) is 1.69. The van der Waals surface area contributed by atoms with Crippen molar-refractivity contribution < 1.29 is 4.79 Å². The molecule has 0 aliphatic carbocycles. The Hall–Kier alpha value is -2.34. The largest absolute Gasteiger partial charge is 0.275 e. The highest BCUT2D eigenvalue weighted by Crippen LogP contribution is 2.19. The fourth-order valence-corrected chi connectivity index (χ4v) is 2.36. The van der Waals surface area contributed by atoms with E-state index in [9.17, 15) is 4.79 Å². The topological polar surface area (TPSA) is 64.7 Å². The van der Waals surface area contributed by atoms with Crippen LogP contribution in [0.3, 0.4) is 0 Å². The quantitative estimate of drug-likeness (QED) is 0.786. The van der Waals surface area contributed by atoms with Gasteiger partial charge < -0.3 is 0 Å². The van der Waals surface area contributed by atoms with Gasteiger partial charge in [0.15, 0.2) is 0 Å². The minimum atomic E-state index is -0.316. The first-order valence-electron chi connectivity index (χ1n) is 6.00. The van der Waals surface area contributed by atoms with Gasteiger partial charge in [-0.3, -0.25) is 14.9 Å². The van der Waals surface area contributed by atoms with Crippen LogP contribution in [0.2, 0.25) is 5.15 Å². The summed E-state index contributed by atoms with van der Waals surface area (Å²) in [4.78, 5) is 16.5. The summed E-state index contributed by atoms with van der Waals surface area (Å²) in [5.74, 6) is -0.316. The standard InChI is InChI=1S/C13H12ClN5O/c1-8-11(12(14)18(2)16-8)13(20)17-19-7-15-9-5-3-4-6-10(9)19/h3-7H,1-2H3,(H,17,20). The average Bonchev–Trinajstić information content (AvgIpc) is 2.92. The highest BCUT2D eigenvalue weighted by Gasteiger charge is 2.19. The Morgan fingerprint density at radius 3 is 2.80 bits per heavy atom. The van der Waals surface area contributed by atoms with Gasteiger partial charge in [0, 0.05) is 7.05 Å². The van der Waals surface area contributed by atoms with Gasteiger partial charge in [-0.15, -0.1) is 0 Å². The first-order valence-corrected chi connectivity index (χ1v) is 6.38. The molecule has 7 heteroatoms. The van der Waals surface area contributed by atoms with Crippen molar-refractivity contribution in [1.29, 1.82) is 0 Å². The van der Waals surface area contributed by atoms with E-state index in [4.69, 9.17) is 11.6 Å². The molecule has 0 atom stereocenters. The first-order chi connectivity index (χ1) is 9.58. The summed E-state index contributed by atoms with van der Waals surface area (Å²) in [6, 6.07) is 7.53. The van der Waals surface area contributed by atoms with Gasteiger partial charge in [0.05, 0.1) is 16.7 Å². The Bertz CT molecular complexity index is 804. The van der Waals surface area contributed by atoms with Crippen molar-refractivity contribution in [3.63, 3.8) is 0 Å². The Morgan fingerprint density at radius 1 is 1.35 bits per heavy atom. The lowest BCUT2D eigenvalue weighted by molar-refractivity contribution is 0.101. The molecule has 0 unspecified atom stereocenters. The maximum absolute atomic E-state index is 12.3. The van der Waals surface area contributed by atoms with Gasteiger partial charge in [-0.25, -0.2) is 9.66 Å². The lowest BCUT2D eigenvalue weighted by atomic mass is 10.2. The minimum absolute atomic E-state index is 0.310. The second-order valence-corrected chi connectivity index (χ2v) is 4.78. The predicted octanol–water partition coefficient (Wildman–Crippen LogP) is 2.12. The fraction of sp³-hybridized carbons (Fsp3) is 0.154. The Balaban J connectivity index is 1.97. The summed E-state index contributed by atoms with van der Waals surface area (Å²) in [6.07, 6.45) is 1.56. The number of rotatable bonds is 2. The van der Waals surface area contributed by atoms with E-state index in [0.717, 1.165) is 11.0 Å². The van der Waals surface area contributed by atoms with Gasteiger partial charge in [-0.1, -0.05) is 23.7 Å². The molecule has 6 nitrogen and oxygen atoms in total. The maximum atomic E-state index is 12.3. The molecular formula is C13H12ClN5O. The van der Waals surface area contributed by atoms with Gasteiger partial charge in [0.1, 0.15) is 17.0 Å². The van der Waals surface area contributed by atoms with Crippen LogP contribution in [0.4, 0.5) is 0 Å². The van der Waals surface area contributed by atoms with Crippen molar-refractivity contribution in [2.45, 2.75) is 6.92 Å². The SMILES string of the molecule is Cc1nn(C)c(Cl)c1C(=O)Nn1cnc2ccccc21. The molecule has 20 heavy (non-hydrogen) atoms. The third-order valence-electron chi connectivity index (χ3n) is 3.05. The Kier molecular flexibility index (Phi) is 2.94. The molecule has 3 aromatic rings. The van der Waals surface area contributed by atoms with Crippen LogP contribution >= 0.6 is 11.6 Å². The summed E-state index contributed by atoms with van der Waals surface area (Å²) >= 11 is 6.08. The highest BCUT2D eigenvalue weighted by molar-refractivity contribution is 6.33. The zero-order chi connectivity index (χ0) is 14.3. The predicted molar refractivity (Wildman–Crippen MR) is 76.4 cm³/mol. The molecular weight excluding hydrogens is 278 g/mol. The Labute approximate surface area is 119 Å². The van der Waals surface area contributed by atoms with Crippen molar-refractivity contribution in [3.8, 4) is 0 Å². The van der Waals surface area contributed by atoms with E-state index in [1.54, 1.807) is 25.0 Å². The van der Waals surface area contributed by atoms with Crippen molar-refractivity contribution in [2.24, 2.45) is 7.05 Å². The number of benzene rings is 1. The molecule has 0 bridgehead atoms. The lowest BCUT2D eigenvalue weighted by Gasteiger charge is -2.06. The molecule has 3 rings (SSSR count). The summed E-state index contributed by atoms with van der Waals surface area (Å²) in [6.45, 7) is 1.74. The molecule has 1 amide bonds. The number of aromatic nitrogens is 4. The molecule has 1 N–H and O–H groups in total. The van der Waals surface area contributed by atoms with Gasteiger partial charge in [0.25, 0.3) is 5.91 Å². The number of para-hydroxylation sites is 2. The molecule has 1 aromatic carbocycles. The molecule has 2 heterocycles. The van der Waals surface area contributed by atoms with E-state index >= 15 is 0 Å². The number of hydrogen-bond donors (Lipinski definition) is 1. The second kappa shape index (κ2) is 4.64. The van der Waals surface area contributed by atoms with Gasteiger partial charge in [0.2, 0.25) is 0 Å². The maximum Gasteiger partial charge on any atom is 0.275 e. The molecule has 0 saturated carbocycles. The van der Waals surface area contributed by atoms with Crippen LogP contribution in [0.15, 0.2) is 30.6 Å². The zero-order valence-corrected chi connectivity index (χ0v) is 11.7. The van der Waals surface area contributed by atoms with Crippen LogP contribution < -0.4 is 5.43 Å². The molecule has 0 saturated heterocycles. The van der Waals surface area contributed by atoms with Gasteiger partial charge >= 0.3 is 0 Å². The summed E-state index contributed by atoms with van der Waals surface area (Å²) in [5, 5.41) is 4.43. The number of imidazole rings is 1. The van der Waals surface area contributed by atoms with Crippen LogP contribution in [0.5, 0.6) is 0 Å². The molecule has 102 valence electrons. The van der Waals surface area contributed by atoms with Crippen LogP contribution in [0, 0.1) is 6.92 Å². The van der Waals surface area contributed by atoms with Crippen molar-refractivity contribution >= 4 is 28.5 Å². The van der Waals surface area contributed by atoms with Crippen molar-refractivity contribution in [2.75, 3.05) is 5.43 Å². The molecule has 0 radical (unpaired) electrons. The van der Waals surface area contributed by atoms with E-state index < -0.39 is 0 Å². The first kappa shape index (κ1) is 12.7. The number of halogens is 1. The van der Waals surface area contributed by atoms with E-state index in [0.29, 0.717) is 16.4 Å². The van der Waals surface area contributed by atoms with Crippen LogP contribution in [-0.2, 0) is 7.05 Å². The molecule has 0 fully saturated rings. The molecule has 0 aliphatic heterocycles. The highest BCUT2D eigenvalue weighted by atomic mass is 35.5. The third kappa shape index (κ3) is 1.94. The second-order valence-electron chi connectivity index (χ2n) is 4.42. The van der Waals surface area contributed by atoms with E-state index in [1.165, 1.54) is 4.68 Å². The number of amides is 1. The number of fused-ring (bicyclic) bond motifs is 1. The minimum Gasteiger partial charge on any atom is -0.267 e. The molecule has 0 aliphatic rings. The van der Waals surface area contributed by atoms with Crippen LogP contribution in [0.1, 0.15) is 16.1 Å². The van der Waals surface area contributed by atoms with Gasteiger partial charge in [-0.05, 0) is 19.1 Å². The van der Waals surface area contributed by atoms with Crippen LogP contribution in [-0.4, -0.2) is 25.3 Å². The lowest BCUT2D eigenvalue weighted by Crippen LogP contribution is -2.22. The molecule has 0 spiro atoms. The van der Waals surface area contributed by atoms with E-state index in [-0.39, 0.29) is 5.91 Å². The number of carbonyl (C=O) groups excluding carboxylic acids is 1. The fourth-order valence-electron chi connectivity index (χ4n) is 2.10. The smallest absolute Gasteiger partial charge is 0.267 e. The Morgan fingerprint density at radius 2 is 2.10 bits per heavy atom. The van der Waals surface area contributed by atoms with E-state index in [2.05, 4.69) is 15.5 Å². The third-order valence-corrected chi connectivity index (χ3v) is 3.49. The number of hydrogen-bond acceptors (Lipinski definition) is 3. The monoisotopic (exact) mass is 289 g/mol. The van der Waals surface area contributed by atoms with Gasteiger partial charge in [-0.2, -0.15) is 5.10 Å². The normalized spacial score (nSPS) is 10.9. The number of nitrogens with one attached hydrogen (secondary N) is 1. The number of carbonyl (C=O) groups is 1. The summed E-state index contributed by atoms with van der Waals surface area (Å²) in [5.41, 5.74) is 5.33. The summed E-state index contributed by atoms with van der Waals surface area (Å²) < 4.78 is 3.04. The van der Waals surface area contributed by atoms with Crippen molar-refractivity contribution in [3.05, 3.63) is 47.0 Å².